The van der Waals surface area contributed by atoms with Crippen molar-refractivity contribution in [2.45, 2.75) is 32.9 Å². The largest absolute Gasteiger partial charge is 0.467 e. The molecule has 106 valence electrons. The number of furan rings is 1. The number of rotatable bonds is 3. The third-order valence-corrected chi connectivity index (χ3v) is 2.43. The molecule has 0 bridgehead atoms. The summed E-state index contributed by atoms with van der Waals surface area (Å²) in [6.07, 6.45) is 2.75. The molecule has 0 fully saturated rings. The molecule has 0 unspecified atom stereocenters. The van der Waals surface area contributed by atoms with Gasteiger partial charge in [0.05, 0.1) is 12.8 Å². The average Bonchev–Trinajstić information content (AvgIpc) is 2.87. The van der Waals surface area contributed by atoms with Crippen molar-refractivity contribution in [3.63, 3.8) is 0 Å². The molecule has 20 heavy (non-hydrogen) atoms. The monoisotopic (exact) mass is 274 g/mol. The van der Waals surface area contributed by atoms with Gasteiger partial charge in [-0.15, -0.1) is 0 Å². The van der Waals surface area contributed by atoms with E-state index in [-0.39, 0.29) is 6.54 Å². The second kappa shape index (κ2) is 5.77. The molecular formula is C15H18N2O3. The van der Waals surface area contributed by atoms with Crippen molar-refractivity contribution in [2.24, 2.45) is 0 Å². The molecule has 0 aliphatic rings. The van der Waals surface area contributed by atoms with Gasteiger partial charge in [0.25, 0.3) is 0 Å². The summed E-state index contributed by atoms with van der Waals surface area (Å²) in [6, 6.07) is 8.96. The summed E-state index contributed by atoms with van der Waals surface area (Å²) in [7, 11) is 0. The van der Waals surface area contributed by atoms with Crippen LogP contribution < -0.4 is 4.90 Å². The van der Waals surface area contributed by atoms with E-state index in [1.807, 2.05) is 26.8 Å². The fraction of sp³-hybridized carbons (Fsp3) is 0.333. The van der Waals surface area contributed by atoms with E-state index in [0.717, 1.165) is 0 Å². The molecule has 0 aliphatic carbocycles. The molecule has 0 atom stereocenters. The molecule has 1 amide bonds. The minimum Gasteiger partial charge on any atom is -0.467 e. The number of nitrogens with zero attached hydrogens (tertiary/aromatic N) is 2. The molecule has 0 saturated carbocycles. The van der Waals surface area contributed by atoms with Crippen molar-refractivity contribution in [2.75, 3.05) is 4.90 Å². The van der Waals surface area contributed by atoms with Crippen molar-refractivity contribution in [3.05, 3.63) is 48.6 Å². The van der Waals surface area contributed by atoms with Gasteiger partial charge in [-0.25, -0.2) is 9.78 Å². The van der Waals surface area contributed by atoms with Gasteiger partial charge in [-0.2, -0.15) is 0 Å². The summed E-state index contributed by atoms with van der Waals surface area (Å²) < 4.78 is 10.7. The van der Waals surface area contributed by atoms with E-state index in [0.29, 0.717) is 11.6 Å². The molecular weight excluding hydrogens is 256 g/mol. The van der Waals surface area contributed by atoms with Crippen LogP contribution in [0.25, 0.3) is 0 Å². The number of pyridine rings is 1. The molecule has 0 spiro atoms. The van der Waals surface area contributed by atoms with E-state index < -0.39 is 11.7 Å². The molecule has 0 radical (unpaired) electrons. The highest BCUT2D eigenvalue weighted by atomic mass is 16.6. The highest BCUT2D eigenvalue weighted by Gasteiger charge is 2.24. The van der Waals surface area contributed by atoms with Crippen molar-refractivity contribution in [1.82, 2.24) is 4.98 Å². The topological polar surface area (TPSA) is 55.6 Å². The number of amides is 1. The molecule has 0 aromatic carbocycles. The first kappa shape index (κ1) is 14.1. The predicted octanol–water partition coefficient (Wildman–Crippen LogP) is 3.62. The van der Waals surface area contributed by atoms with Crippen LogP contribution >= 0.6 is 0 Å². The minimum absolute atomic E-state index is 0.277. The fourth-order valence-corrected chi connectivity index (χ4v) is 1.63. The first-order valence-electron chi connectivity index (χ1n) is 6.40. The third-order valence-electron chi connectivity index (χ3n) is 2.43. The Balaban J connectivity index is 2.22. The summed E-state index contributed by atoms with van der Waals surface area (Å²) in [5.41, 5.74) is -0.562. The number of hydrogen-bond donors (Lipinski definition) is 0. The van der Waals surface area contributed by atoms with Crippen LogP contribution in [0.2, 0.25) is 0 Å². The quantitative estimate of drug-likeness (QED) is 0.857. The maximum atomic E-state index is 12.3. The van der Waals surface area contributed by atoms with Gasteiger partial charge in [0.1, 0.15) is 17.2 Å². The molecule has 5 nitrogen and oxygen atoms in total. The zero-order chi connectivity index (χ0) is 14.6. The SMILES string of the molecule is CC(C)(C)OC(=O)N(Cc1ccco1)c1ccccn1. The fourth-order valence-electron chi connectivity index (χ4n) is 1.63. The van der Waals surface area contributed by atoms with Crippen molar-refractivity contribution < 1.29 is 13.9 Å². The van der Waals surface area contributed by atoms with Gasteiger partial charge in [0.2, 0.25) is 0 Å². The molecule has 0 saturated heterocycles. The van der Waals surface area contributed by atoms with Gasteiger partial charge < -0.3 is 9.15 Å². The summed E-state index contributed by atoms with van der Waals surface area (Å²) in [5, 5.41) is 0. The smallest absolute Gasteiger partial charge is 0.416 e. The number of ether oxygens (including phenoxy) is 1. The van der Waals surface area contributed by atoms with Crippen LogP contribution in [0, 0.1) is 0 Å². The second-order valence-electron chi connectivity index (χ2n) is 5.33. The summed E-state index contributed by atoms with van der Waals surface area (Å²) in [6.45, 7) is 5.76. The highest BCUT2D eigenvalue weighted by Crippen LogP contribution is 2.18. The summed E-state index contributed by atoms with van der Waals surface area (Å²) in [4.78, 5) is 18.0. The number of hydrogen-bond acceptors (Lipinski definition) is 4. The Morgan fingerprint density at radius 3 is 2.65 bits per heavy atom. The molecule has 5 heteroatoms. The Bertz CT molecular complexity index is 544. The van der Waals surface area contributed by atoms with E-state index in [1.54, 1.807) is 36.7 Å². The Hall–Kier alpha value is -2.30. The number of carbonyl (C=O) groups excluding carboxylic acids is 1. The molecule has 2 rings (SSSR count). The Labute approximate surface area is 118 Å². The van der Waals surface area contributed by atoms with Crippen LogP contribution in [-0.2, 0) is 11.3 Å². The van der Waals surface area contributed by atoms with Crippen LogP contribution in [0.4, 0.5) is 10.6 Å². The number of carbonyl (C=O) groups is 1. The van der Waals surface area contributed by atoms with Gasteiger partial charge >= 0.3 is 6.09 Å². The van der Waals surface area contributed by atoms with E-state index in [2.05, 4.69) is 4.98 Å². The zero-order valence-electron chi connectivity index (χ0n) is 11.9. The van der Waals surface area contributed by atoms with E-state index in [1.165, 1.54) is 4.90 Å². The zero-order valence-corrected chi connectivity index (χ0v) is 11.9. The van der Waals surface area contributed by atoms with Gasteiger partial charge in [0.15, 0.2) is 0 Å². The van der Waals surface area contributed by atoms with Gasteiger partial charge in [0, 0.05) is 6.20 Å². The minimum atomic E-state index is -0.562. The Morgan fingerprint density at radius 2 is 2.10 bits per heavy atom. The van der Waals surface area contributed by atoms with Crippen LogP contribution in [0.15, 0.2) is 47.2 Å². The third kappa shape index (κ3) is 3.85. The molecule has 2 aromatic rings. The maximum Gasteiger partial charge on any atom is 0.416 e. The Morgan fingerprint density at radius 1 is 1.30 bits per heavy atom. The normalized spacial score (nSPS) is 11.2. The van der Waals surface area contributed by atoms with Gasteiger partial charge in [-0.3, -0.25) is 4.90 Å². The van der Waals surface area contributed by atoms with Crippen molar-refractivity contribution >= 4 is 11.9 Å². The molecule has 2 heterocycles. The van der Waals surface area contributed by atoms with Crippen molar-refractivity contribution in [3.8, 4) is 0 Å². The van der Waals surface area contributed by atoms with E-state index >= 15 is 0 Å². The first-order chi connectivity index (χ1) is 9.46. The Kier molecular flexibility index (Phi) is 4.08. The lowest BCUT2D eigenvalue weighted by Gasteiger charge is -2.26. The maximum absolute atomic E-state index is 12.3. The lowest BCUT2D eigenvalue weighted by Crippen LogP contribution is -2.36. The van der Waals surface area contributed by atoms with E-state index in [4.69, 9.17) is 9.15 Å². The molecule has 0 aliphatic heterocycles. The van der Waals surface area contributed by atoms with E-state index in [9.17, 15) is 4.79 Å². The van der Waals surface area contributed by atoms with Crippen LogP contribution in [0.1, 0.15) is 26.5 Å². The average molecular weight is 274 g/mol. The van der Waals surface area contributed by atoms with Crippen LogP contribution in [0.5, 0.6) is 0 Å². The van der Waals surface area contributed by atoms with Crippen LogP contribution in [-0.4, -0.2) is 16.7 Å². The van der Waals surface area contributed by atoms with Crippen LogP contribution in [0.3, 0.4) is 0 Å². The summed E-state index contributed by atoms with van der Waals surface area (Å²) >= 11 is 0. The van der Waals surface area contributed by atoms with Gasteiger partial charge in [-0.05, 0) is 45.0 Å². The first-order valence-corrected chi connectivity index (χ1v) is 6.40. The second-order valence-corrected chi connectivity index (χ2v) is 5.33. The van der Waals surface area contributed by atoms with Gasteiger partial charge in [-0.1, -0.05) is 6.07 Å². The highest BCUT2D eigenvalue weighted by molar-refractivity contribution is 5.86. The lowest BCUT2D eigenvalue weighted by molar-refractivity contribution is 0.0574. The standard InChI is InChI=1S/C15H18N2O3/c1-15(2,3)20-14(18)17(11-12-7-6-10-19-12)13-8-4-5-9-16-13/h4-10H,11H2,1-3H3. The summed E-state index contributed by atoms with van der Waals surface area (Å²) in [5.74, 6) is 1.19. The number of anilines is 1. The molecule has 2 aromatic heterocycles. The predicted molar refractivity (Wildman–Crippen MR) is 75.4 cm³/mol. The van der Waals surface area contributed by atoms with Crippen molar-refractivity contribution in [1.29, 1.82) is 0 Å². The number of aromatic nitrogens is 1. The molecule has 0 N–H and O–H groups in total. The lowest BCUT2D eigenvalue weighted by atomic mass is 10.2.